The molecule has 34 heavy (non-hydrogen) atoms. The topological polar surface area (TPSA) is 108 Å². The second-order valence-corrected chi connectivity index (χ2v) is 8.17. The van der Waals surface area contributed by atoms with Crippen LogP contribution >= 0.6 is 0 Å². The normalized spacial score (nSPS) is 18.7. The van der Waals surface area contributed by atoms with Gasteiger partial charge in [-0.25, -0.2) is 15.0 Å². The van der Waals surface area contributed by atoms with Crippen molar-refractivity contribution in [2.75, 3.05) is 28.6 Å². The molecule has 3 aromatic rings. The first-order valence-corrected chi connectivity index (χ1v) is 10.6. The molecule has 12 heteroatoms. The lowest BCUT2D eigenvalue weighted by Crippen LogP contribution is -2.51. The molecule has 1 saturated heterocycles. The first kappa shape index (κ1) is 23.5. The van der Waals surface area contributed by atoms with Crippen LogP contribution in [-0.4, -0.2) is 55.8 Å². The molecule has 0 unspecified atom stereocenters. The first-order valence-electron chi connectivity index (χ1n) is 10.6. The van der Waals surface area contributed by atoms with E-state index in [0.29, 0.717) is 49.1 Å². The summed E-state index contributed by atoms with van der Waals surface area (Å²) in [6.07, 6.45) is -2.23. The van der Waals surface area contributed by atoms with E-state index < -0.39 is 23.9 Å². The molecule has 1 amide bonds. The van der Waals surface area contributed by atoms with E-state index in [1.807, 2.05) is 29.5 Å². The molecule has 180 valence electrons. The number of hydrogen-bond acceptors (Lipinski definition) is 7. The minimum Gasteiger partial charge on any atom is -0.391 e. The van der Waals surface area contributed by atoms with Crippen LogP contribution in [0.25, 0.3) is 11.0 Å². The van der Waals surface area contributed by atoms with E-state index >= 15 is 0 Å². The quantitative estimate of drug-likeness (QED) is 0.487. The summed E-state index contributed by atoms with van der Waals surface area (Å²) < 4.78 is 40.2. The number of rotatable bonds is 5. The highest BCUT2D eigenvalue weighted by molar-refractivity contribution is 6.00. The Balaban J connectivity index is 1.56. The van der Waals surface area contributed by atoms with Crippen LogP contribution in [0.5, 0.6) is 0 Å². The van der Waals surface area contributed by atoms with Crippen molar-refractivity contribution < 1.29 is 23.1 Å². The van der Waals surface area contributed by atoms with E-state index in [4.69, 9.17) is 4.98 Å². The van der Waals surface area contributed by atoms with Gasteiger partial charge in [0.1, 0.15) is 0 Å². The number of benzene rings is 1. The Bertz CT molecular complexity index is 1220. The fourth-order valence-corrected chi connectivity index (χ4v) is 3.91. The smallest absolute Gasteiger partial charge is 0.391 e. The van der Waals surface area contributed by atoms with Gasteiger partial charge in [0.05, 0.1) is 28.7 Å². The third-order valence-electron chi connectivity index (χ3n) is 5.80. The van der Waals surface area contributed by atoms with Crippen LogP contribution in [0.4, 0.5) is 30.8 Å². The zero-order chi connectivity index (χ0) is 24.6. The maximum absolute atomic E-state index is 12.8. The van der Waals surface area contributed by atoms with Gasteiger partial charge in [0, 0.05) is 38.2 Å². The summed E-state index contributed by atoms with van der Waals surface area (Å²) in [5, 5.41) is 16.2. The summed E-state index contributed by atoms with van der Waals surface area (Å²) in [6, 6.07) is 3.20. The van der Waals surface area contributed by atoms with Gasteiger partial charge >= 0.3 is 6.18 Å². The zero-order valence-electron chi connectivity index (χ0n) is 18.6. The fourth-order valence-electron chi connectivity index (χ4n) is 3.91. The number of nitrogens with one attached hydrogen (secondary N) is 2. The van der Waals surface area contributed by atoms with Crippen LogP contribution in [0, 0.1) is 6.92 Å². The third-order valence-corrected chi connectivity index (χ3v) is 5.80. The highest BCUT2D eigenvalue weighted by atomic mass is 19.4. The largest absolute Gasteiger partial charge is 0.419 e. The van der Waals surface area contributed by atoms with E-state index in [1.165, 1.54) is 6.08 Å². The summed E-state index contributed by atoms with van der Waals surface area (Å²) in [6.45, 7) is 6.21. The molecule has 1 aromatic carbocycles. The van der Waals surface area contributed by atoms with Crippen molar-refractivity contribution in [3.63, 3.8) is 0 Å². The number of piperidine rings is 1. The predicted molar refractivity (Wildman–Crippen MR) is 122 cm³/mol. The van der Waals surface area contributed by atoms with Gasteiger partial charge in [-0.2, -0.15) is 13.2 Å². The lowest BCUT2D eigenvalue weighted by Gasteiger charge is -2.37. The van der Waals surface area contributed by atoms with Gasteiger partial charge in [0.2, 0.25) is 17.8 Å². The second kappa shape index (κ2) is 8.93. The average Bonchev–Trinajstić information content (AvgIpc) is 3.10. The van der Waals surface area contributed by atoms with Crippen molar-refractivity contribution in [3.8, 4) is 0 Å². The van der Waals surface area contributed by atoms with Crippen LogP contribution in [0.3, 0.4) is 0 Å². The molecule has 1 aliphatic heterocycles. The zero-order valence-corrected chi connectivity index (χ0v) is 18.6. The molecule has 0 aliphatic carbocycles. The van der Waals surface area contributed by atoms with Crippen molar-refractivity contribution in [3.05, 3.63) is 48.3 Å². The van der Waals surface area contributed by atoms with Gasteiger partial charge in [-0.05, 0) is 37.1 Å². The molecule has 3 heterocycles. The number of aliphatic hydroxyl groups excluding tert-OH is 1. The summed E-state index contributed by atoms with van der Waals surface area (Å²) in [5.74, 6) is 0.346. The number of anilines is 3. The van der Waals surface area contributed by atoms with Crippen molar-refractivity contribution in [2.45, 2.75) is 31.7 Å². The molecule has 9 nitrogen and oxygen atoms in total. The summed E-state index contributed by atoms with van der Waals surface area (Å²) in [5.41, 5.74) is 2.11. The number of aliphatic hydroxyl groups is 1. The van der Waals surface area contributed by atoms with Crippen molar-refractivity contribution in [1.29, 1.82) is 0 Å². The molecule has 2 aromatic heterocycles. The molecule has 3 N–H and O–H groups in total. The SMILES string of the molecule is C=CC(=O)Nc1cc2nc(N3CC[C@H](O)[C@@H](Nc4ncc(C(F)(F)F)cn4)C3)n(C)c2cc1C. The average molecular weight is 475 g/mol. The predicted octanol–water partition coefficient (Wildman–Crippen LogP) is 2.87. The fraction of sp³-hybridized carbons (Fsp3) is 0.364. The summed E-state index contributed by atoms with van der Waals surface area (Å²) in [4.78, 5) is 25.9. The Kier molecular flexibility index (Phi) is 6.17. The van der Waals surface area contributed by atoms with Gasteiger partial charge in [0.15, 0.2) is 0 Å². The van der Waals surface area contributed by atoms with Crippen LogP contribution in [-0.2, 0) is 18.0 Å². The van der Waals surface area contributed by atoms with Gasteiger partial charge in [0.25, 0.3) is 0 Å². The minimum absolute atomic E-state index is 0.00197. The third kappa shape index (κ3) is 4.67. The van der Waals surface area contributed by atoms with Gasteiger partial charge in [-0.1, -0.05) is 6.58 Å². The molecule has 0 bridgehead atoms. The number of nitrogens with zero attached hydrogens (tertiary/aromatic N) is 5. The van der Waals surface area contributed by atoms with Crippen molar-refractivity contribution in [1.82, 2.24) is 19.5 Å². The number of fused-ring (bicyclic) bond motifs is 1. The molecule has 1 aliphatic rings. The molecule has 0 spiro atoms. The highest BCUT2D eigenvalue weighted by Crippen LogP contribution is 2.30. The van der Waals surface area contributed by atoms with Crippen molar-refractivity contribution in [2.24, 2.45) is 7.05 Å². The Morgan fingerprint density at radius 3 is 2.65 bits per heavy atom. The molecule has 0 radical (unpaired) electrons. The summed E-state index contributed by atoms with van der Waals surface area (Å²) in [7, 11) is 1.87. The first-order chi connectivity index (χ1) is 16.1. The lowest BCUT2D eigenvalue weighted by atomic mass is 10.0. The Hall–Kier alpha value is -3.67. The van der Waals surface area contributed by atoms with E-state index in [0.717, 1.165) is 11.1 Å². The van der Waals surface area contributed by atoms with E-state index in [1.54, 1.807) is 6.07 Å². The van der Waals surface area contributed by atoms with Crippen LogP contribution < -0.4 is 15.5 Å². The number of carbonyl (C=O) groups is 1. The molecule has 2 atom stereocenters. The number of imidazole rings is 1. The molecule has 0 saturated carbocycles. The summed E-state index contributed by atoms with van der Waals surface area (Å²) >= 11 is 0. The Morgan fingerprint density at radius 1 is 1.29 bits per heavy atom. The van der Waals surface area contributed by atoms with Crippen LogP contribution in [0.2, 0.25) is 0 Å². The number of carbonyl (C=O) groups excluding carboxylic acids is 1. The van der Waals surface area contributed by atoms with E-state index in [9.17, 15) is 23.1 Å². The van der Waals surface area contributed by atoms with Crippen molar-refractivity contribution >= 4 is 34.5 Å². The number of halogens is 3. The number of hydrogen-bond donors (Lipinski definition) is 3. The number of aromatic nitrogens is 4. The molecular formula is C22H24F3N7O2. The lowest BCUT2D eigenvalue weighted by molar-refractivity contribution is -0.138. The molecular weight excluding hydrogens is 451 g/mol. The minimum atomic E-state index is -4.52. The number of amides is 1. The van der Waals surface area contributed by atoms with E-state index in [-0.39, 0.29) is 11.9 Å². The highest BCUT2D eigenvalue weighted by Gasteiger charge is 2.33. The van der Waals surface area contributed by atoms with Gasteiger partial charge < -0.3 is 25.2 Å². The number of alkyl halides is 3. The Labute approximate surface area is 193 Å². The molecule has 4 rings (SSSR count). The van der Waals surface area contributed by atoms with Gasteiger partial charge in [-0.15, -0.1) is 0 Å². The maximum Gasteiger partial charge on any atom is 0.419 e. The Morgan fingerprint density at radius 2 is 2.00 bits per heavy atom. The second-order valence-electron chi connectivity index (χ2n) is 8.17. The standard InChI is InChI=1S/C22H24F3N7O2/c1-4-19(34)28-14-8-15-17(7-12(14)2)31(3)21(30-15)32-6-5-18(33)16(11-32)29-20-26-9-13(10-27-20)22(23,24)25/h4,7-10,16,18,33H,1,5-6,11H2,2-3H3,(H,28,34)(H,26,27,29)/t16-,18-/m0/s1. The van der Waals surface area contributed by atoms with Crippen LogP contribution in [0.15, 0.2) is 37.2 Å². The van der Waals surface area contributed by atoms with Crippen LogP contribution in [0.1, 0.15) is 17.5 Å². The maximum atomic E-state index is 12.8. The van der Waals surface area contributed by atoms with E-state index in [2.05, 4.69) is 27.2 Å². The molecule has 1 fully saturated rings. The monoisotopic (exact) mass is 475 g/mol. The van der Waals surface area contributed by atoms with Gasteiger partial charge in [-0.3, -0.25) is 4.79 Å². The number of aryl methyl sites for hydroxylation is 2.